The second kappa shape index (κ2) is 7.48. The molecule has 0 saturated carbocycles. The zero-order valence-corrected chi connectivity index (χ0v) is 20.1. The van der Waals surface area contributed by atoms with Crippen LogP contribution in [0.4, 0.5) is 28.4 Å². The van der Waals surface area contributed by atoms with E-state index in [-0.39, 0.29) is 5.41 Å². The van der Waals surface area contributed by atoms with Crippen molar-refractivity contribution in [1.82, 2.24) is 0 Å². The summed E-state index contributed by atoms with van der Waals surface area (Å²) in [5.41, 5.74) is 10.3. The molecular weight excluding hydrogens is 424 g/mol. The first-order valence-electron chi connectivity index (χ1n) is 12.5. The minimum Gasteiger partial charge on any atom is -0.333 e. The van der Waals surface area contributed by atoms with Crippen molar-refractivity contribution in [2.75, 3.05) is 9.80 Å². The number of rotatable bonds is 2. The number of para-hydroxylation sites is 3. The second-order valence-corrected chi connectivity index (χ2v) is 10.2. The van der Waals surface area contributed by atoms with Gasteiger partial charge in [-0.15, -0.1) is 0 Å². The van der Waals surface area contributed by atoms with Crippen molar-refractivity contribution in [3.63, 3.8) is 0 Å². The van der Waals surface area contributed by atoms with Crippen LogP contribution in [0.1, 0.15) is 36.5 Å². The molecule has 170 valence electrons. The molecule has 1 aliphatic carbocycles. The van der Waals surface area contributed by atoms with E-state index in [2.05, 4.69) is 145 Å². The highest BCUT2D eigenvalue weighted by atomic mass is 15.2. The van der Waals surface area contributed by atoms with Crippen molar-refractivity contribution in [3.8, 4) is 0 Å². The zero-order valence-electron chi connectivity index (χ0n) is 20.1. The van der Waals surface area contributed by atoms with Gasteiger partial charge in [-0.1, -0.05) is 98.8 Å². The van der Waals surface area contributed by atoms with Gasteiger partial charge in [0, 0.05) is 28.4 Å². The van der Waals surface area contributed by atoms with Gasteiger partial charge in [0.15, 0.2) is 0 Å². The van der Waals surface area contributed by atoms with Crippen LogP contribution in [0.25, 0.3) is 0 Å². The Labute approximate surface area is 207 Å². The van der Waals surface area contributed by atoms with E-state index >= 15 is 0 Å². The van der Waals surface area contributed by atoms with Gasteiger partial charge in [-0.3, -0.25) is 0 Å². The molecule has 0 N–H and O–H groups in total. The van der Waals surface area contributed by atoms with E-state index < -0.39 is 0 Å². The van der Waals surface area contributed by atoms with Crippen LogP contribution in [0.5, 0.6) is 0 Å². The van der Waals surface area contributed by atoms with E-state index in [0.717, 1.165) is 0 Å². The summed E-state index contributed by atoms with van der Waals surface area (Å²) >= 11 is 0. The van der Waals surface area contributed by atoms with Crippen molar-refractivity contribution in [2.24, 2.45) is 0 Å². The van der Waals surface area contributed by atoms with E-state index in [9.17, 15) is 0 Å². The molecule has 35 heavy (non-hydrogen) atoms. The molecule has 0 radical (unpaired) electrons. The van der Waals surface area contributed by atoms with E-state index in [4.69, 9.17) is 0 Å². The Morgan fingerprint density at radius 1 is 0.600 bits per heavy atom. The molecule has 2 heteroatoms. The predicted octanol–water partition coefficient (Wildman–Crippen LogP) is 8.53. The third kappa shape index (κ3) is 2.89. The molecule has 2 aliphatic heterocycles. The van der Waals surface area contributed by atoms with Crippen molar-refractivity contribution in [3.05, 3.63) is 138 Å². The molecule has 2 heterocycles. The maximum atomic E-state index is 2.51. The lowest BCUT2D eigenvalue weighted by Gasteiger charge is -2.42. The lowest BCUT2D eigenvalue weighted by Crippen LogP contribution is -2.31. The van der Waals surface area contributed by atoms with Crippen molar-refractivity contribution in [1.29, 1.82) is 0 Å². The lowest BCUT2D eigenvalue weighted by molar-refractivity contribution is 0.632. The highest BCUT2D eigenvalue weighted by Gasteiger charge is 2.39. The Hall–Kier alpha value is -4.04. The van der Waals surface area contributed by atoms with E-state index in [1.54, 1.807) is 0 Å². The maximum absolute atomic E-state index is 2.51. The van der Waals surface area contributed by atoms with Crippen LogP contribution in [0.15, 0.2) is 121 Å². The first kappa shape index (κ1) is 20.3. The highest BCUT2D eigenvalue weighted by molar-refractivity contribution is 5.87. The predicted molar refractivity (Wildman–Crippen MR) is 147 cm³/mol. The molecule has 2 nitrogen and oxygen atoms in total. The van der Waals surface area contributed by atoms with Crippen LogP contribution in [0.2, 0.25) is 0 Å². The fourth-order valence-electron chi connectivity index (χ4n) is 6.32. The molecule has 7 rings (SSSR count). The minimum atomic E-state index is -0.0539. The molecule has 0 bridgehead atoms. The van der Waals surface area contributed by atoms with Crippen molar-refractivity contribution in [2.45, 2.75) is 31.2 Å². The number of hydrogen-bond acceptors (Lipinski definition) is 2. The van der Waals surface area contributed by atoms with Gasteiger partial charge in [0.2, 0.25) is 0 Å². The van der Waals surface area contributed by atoms with E-state index in [0.29, 0.717) is 12.0 Å². The van der Waals surface area contributed by atoms with Crippen LogP contribution in [0.3, 0.4) is 0 Å². The van der Waals surface area contributed by atoms with Crippen molar-refractivity contribution < 1.29 is 0 Å². The van der Waals surface area contributed by atoms with Crippen LogP contribution < -0.4 is 9.80 Å². The van der Waals surface area contributed by atoms with Crippen LogP contribution >= 0.6 is 0 Å². The standard InChI is InChI=1S/C33H28N2/c1-33(2)27-16-5-9-20-31(27)35(32-21-10-6-17-28(32)33)24-13-11-12-23(22-24)34-29-18-7-3-14-25(29)26-15-4-8-19-30(26)34/h3-22,25,29H,1-2H3. The largest absolute Gasteiger partial charge is 0.333 e. The minimum absolute atomic E-state index is 0.0539. The van der Waals surface area contributed by atoms with Crippen LogP contribution in [-0.4, -0.2) is 6.04 Å². The van der Waals surface area contributed by atoms with Gasteiger partial charge < -0.3 is 9.80 Å². The summed E-state index contributed by atoms with van der Waals surface area (Å²) in [4.78, 5) is 4.95. The number of hydrogen-bond donors (Lipinski definition) is 0. The molecular formula is C33H28N2. The molecule has 4 aromatic carbocycles. The number of fused-ring (bicyclic) bond motifs is 5. The maximum Gasteiger partial charge on any atom is 0.0629 e. The van der Waals surface area contributed by atoms with Gasteiger partial charge in [0.05, 0.1) is 17.4 Å². The smallest absolute Gasteiger partial charge is 0.0629 e. The van der Waals surface area contributed by atoms with Gasteiger partial charge >= 0.3 is 0 Å². The third-order valence-corrected chi connectivity index (χ3v) is 7.96. The summed E-state index contributed by atoms with van der Waals surface area (Å²) in [6.45, 7) is 4.67. The Balaban J connectivity index is 1.40. The van der Waals surface area contributed by atoms with Gasteiger partial charge in [-0.05, 0) is 53.1 Å². The van der Waals surface area contributed by atoms with Crippen LogP contribution in [-0.2, 0) is 5.41 Å². The summed E-state index contributed by atoms with van der Waals surface area (Å²) < 4.78 is 0. The number of nitrogens with zero attached hydrogens (tertiary/aromatic N) is 2. The fraction of sp³-hybridized carbons (Fsp3) is 0.152. The molecule has 0 spiro atoms. The topological polar surface area (TPSA) is 6.48 Å². The number of benzene rings is 4. The Morgan fingerprint density at radius 3 is 1.94 bits per heavy atom. The van der Waals surface area contributed by atoms with Gasteiger partial charge in [-0.25, -0.2) is 0 Å². The summed E-state index contributed by atoms with van der Waals surface area (Å²) in [5.74, 6) is 0.386. The lowest BCUT2D eigenvalue weighted by atomic mass is 9.73. The Morgan fingerprint density at radius 2 is 1.20 bits per heavy atom. The van der Waals surface area contributed by atoms with E-state index in [1.165, 1.54) is 45.1 Å². The first-order chi connectivity index (χ1) is 17.1. The van der Waals surface area contributed by atoms with E-state index in [1.807, 2.05) is 0 Å². The Kier molecular flexibility index (Phi) is 4.35. The summed E-state index contributed by atoms with van der Waals surface area (Å²) in [6.07, 6.45) is 9.04. The number of anilines is 5. The molecule has 2 atom stereocenters. The normalized spacial score (nSPS) is 20.7. The fourth-order valence-corrected chi connectivity index (χ4v) is 6.32. The summed E-state index contributed by atoms with van der Waals surface area (Å²) in [7, 11) is 0. The molecule has 0 amide bonds. The zero-order chi connectivity index (χ0) is 23.6. The highest BCUT2D eigenvalue weighted by Crippen LogP contribution is 2.53. The quantitative estimate of drug-likeness (QED) is 0.301. The molecule has 0 saturated heterocycles. The molecule has 0 fully saturated rings. The SMILES string of the molecule is CC1(C)c2ccccc2N(c2cccc(N3c4ccccc4C4C=CC=CC43)c2)c2ccccc21. The molecule has 3 aliphatic rings. The van der Waals surface area contributed by atoms with Gasteiger partial charge in [0.1, 0.15) is 0 Å². The Bertz CT molecular complexity index is 1460. The number of allylic oxidation sites excluding steroid dienone is 2. The molecule has 0 aromatic heterocycles. The first-order valence-corrected chi connectivity index (χ1v) is 12.5. The van der Waals surface area contributed by atoms with Crippen LogP contribution in [0, 0.1) is 0 Å². The summed E-state index contributed by atoms with van der Waals surface area (Å²) in [5, 5.41) is 0. The average molecular weight is 453 g/mol. The second-order valence-electron chi connectivity index (χ2n) is 10.2. The van der Waals surface area contributed by atoms with Crippen molar-refractivity contribution >= 4 is 28.4 Å². The third-order valence-electron chi connectivity index (χ3n) is 7.96. The van der Waals surface area contributed by atoms with Gasteiger partial charge in [0.25, 0.3) is 0 Å². The summed E-state index contributed by atoms with van der Waals surface area (Å²) in [6, 6.07) is 35.9. The molecule has 4 aromatic rings. The van der Waals surface area contributed by atoms with Gasteiger partial charge in [-0.2, -0.15) is 0 Å². The molecule has 2 unspecified atom stereocenters. The average Bonchev–Trinajstić information content (AvgIpc) is 3.24. The monoisotopic (exact) mass is 452 g/mol.